The fraction of sp³-hybridized carbons (Fsp3) is 0.0526. The fourth-order valence-electron chi connectivity index (χ4n) is 2.29. The van der Waals surface area contributed by atoms with Crippen LogP contribution in [0.15, 0.2) is 59.2 Å². The summed E-state index contributed by atoms with van der Waals surface area (Å²) in [6.45, 7) is 0.469. The SMILES string of the molecule is O=C(/C=C/c1ccc(F)cc1)Nc1nn(Cc2ccc(Cl)c(Cl)c2)cc1Br. The highest BCUT2D eigenvalue weighted by atomic mass is 79.9. The molecule has 3 aromatic rings. The molecule has 0 atom stereocenters. The third-order valence-corrected chi connectivity index (χ3v) is 4.90. The van der Waals surface area contributed by atoms with Crippen molar-refractivity contribution in [2.24, 2.45) is 0 Å². The van der Waals surface area contributed by atoms with E-state index < -0.39 is 0 Å². The topological polar surface area (TPSA) is 46.9 Å². The van der Waals surface area contributed by atoms with Crippen molar-refractivity contribution in [3.8, 4) is 0 Å². The van der Waals surface area contributed by atoms with Crippen molar-refractivity contribution >= 4 is 56.9 Å². The molecule has 8 heteroatoms. The van der Waals surface area contributed by atoms with Gasteiger partial charge in [-0.25, -0.2) is 4.39 Å². The monoisotopic (exact) mass is 467 g/mol. The van der Waals surface area contributed by atoms with E-state index in [1.807, 2.05) is 6.07 Å². The van der Waals surface area contributed by atoms with Crippen LogP contribution in [0.2, 0.25) is 10.0 Å². The van der Waals surface area contributed by atoms with Gasteiger partial charge in [-0.05, 0) is 57.4 Å². The summed E-state index contributed by atoms with van der Waals surface area (Å²) in [4.78, 5) is 12.1. The second kappa shape index (κ2) is 8.69. The molecule has 0 aliphatic carbocycles. The Morgan fingerprint density at radius 1 is 1.19 bits per heavy atom. The van der Waals surface area contributed by atoms with Gasteiger partial charge in [-0.3, -0.25) is 9.48 Å². The van der Waals surface area contributed by atoms with Crippen LogP contribution in [0.25, 0.3) is 6.08 Å². The average molecular weight is 469 g/mol. The third kappa shape index (κ3) is 5.42. The van der Waals surface area contributed by atoms with Gasteiger partial charge in [0.1, 0.15) is 5.82 Å². The van der Waals surface area contributed by atoms with Crippen LogP contribution < -0.4 is 5.32 Å². The zero-order valence-electron chi connectivity index (χ0n) is 13.8. The van der Waals surface area contributed by atoms with Crippen LogP contribution in [-0.4, -0.2) is 15.7 Å². The first-order chi connectivity index (χ1) is 12.9. The molecule has 138 valence electrons. The summed E-state index contributed by atoms with van der Waals surface area (Å²) in [5.74, 6) is -0.281. The van der Waals surface area contributed by atoms with Gasteiger partial charge >= 0.3 is 0 Å². The van der Waals surface area contributed by atoms with Crippen molar-refractivity contribution in [2.75, 3.05) is 5.32 Å². The Balaban J connectivity index is 1.66. The number of hydrogen-bond donors (Lipinski definition) is 1. The van der Waals surface area contributed by atoms with Gasteiger partial charge in [0.15, 0.2) is 5.82 Å². The largest absolute Gasteiger partial charge is 0.305 e. The van der Waals surface area contributed by atoms with Crippen LogP contribution in [0.4, 0.5) is 10.2 Å². The molecule has 0 bridgehead atoms. The summed E-state index contributed by atoms with van der Waals surface area (Å²) < 4.78 is 15.2. The zero-order chi connectivity index (χ0) is 19.4. The molecule has 0 aliphatic rings. The Bertz CT molecular complexity index is 1000. The minimum Gasteiger partial charge on any atom is -0.305 e. The fourth-order valence-corrected chi connectivity index (χ4v) is 3.03. The van der Waals surface area contributed by atoms with Gasteiger partial charge in [-0.15, -0.1) is 0 Å². The third-order valence-electron chi connectivity index (χ3n) is 3.58. The van der Waals surface area contributed by atoms with Crippen molar-refractivity contribution < 1.29 is 9.18 Å². The number of carbonyl (C=O) groups excluding carboxylic acids is 1. The van der Waals surface area contributed by atoms with E-state index in [9.17, 15) is 9.18 Å². The number of nitrogens with one attached hydrogen (secondary N) is 1. The van der Waals surface area contributed by atoms with Crippen LogP contribution in [-0.2, 0) is 11.3 Å². The standard InChI is InChI=1S/C19H13BrCl2FN3O/c20-15-11-26(10-13-3-7-16(21)17(22)9-13)25-19(15)24-18(27)8-4-12-1-5-14(23)6-2-12/h1-9,11H,10H2,(H,24,25,27)/b8-4+. The van der Waals surface area contributed by atoms with E-state index in [1.54, 1.807) is 41.2 Å². The number of anilines is 1. The molecule has 27 heavy (non-hydrogen) atoms. The van der Waals surface area contributed by atoms with Crippen molar-refractivity contribution in [3.63, 3.8) is 0 Å². The van der Waals surface area contributed by atoms with Crippen molar-refractivity contribution in [2.45, 2.75) is 6.54 Å². The Kier molecular flexibility index (Phi) is 6.31. The summed E-state index contributed by atoms with van der Waals surface area (Å²) >= 11 is 15.3. The Labute approximate surface area is 173 Å². The number of amides is 1. The van der Waals surface area contributed by atoms with Crippen LogP contribution in [0, 0.1) is 5.82 Å². The molecule has 0 fully saturated rings. The molecule has 0 saturated carbocycles. The van der Waals surface area contributed by atoms with Gasteiger partial charge < -0.3 is 5.32 Å². The van der Waals surface area contributed by atoms with Crippen molar-refractivity contribution in [3.05, 3.63) is 86.2 Å². The summed E-state index contributed by atoms with van der Waals surface area (Å²) in [6.07, 6.45) is 4.70. The second-order valence-corrected chi connectivity index (χ2v) is 7.31. The maximum absolute atomic E-state index is 12.9. The van der Waals surface area contributed by atoms with Crippen LogP contribution >= 0.6 is 39.1 Å². The zero-order valence-corrected chi connectivity index (χ0v) is 16.9. The number of aromatic nitrogens is 2. The highest BCUT2D eigenvalue weighted by Crippen LogP contribution is 2.24. The summed E-state index contributed by atoms with van der Waals surface area (Å²) in [6, 6.07) is 11.2. The lowest BCUT2D eigenvalue weighted by Gasteiger charge is -2.03. The molecule has 0 aliphatic heterocycles. The van der Waals surface area contributed by atoms with Gasteiger partial charge in [0.2, 0.25) is 5.91 Å². The Hall–Kier alpha value is -2.15. The first kappa shape index (κ1) is 19.6. The van der Waals surface area contributed by atoms with Crippen LogP contribution in [0.1, 0.15) is 11.1 Å². The minimum atomic E-state index is -0.347. The molecule has 1 heterocycles. The van der Waals surface area contributed by atoms with Gasteiger partial charge in [0.25, 0.3) is 0 Å². The van der Waals surface area contributed by atoms with Gasteiger partial charge in [-0.2, -0.15) is 5.10 Å². The van der Waals surface area contributed by atoms with E-state index in [0.717, 1.165) is 11.1 Å². The number of carbonyl (C=O) groups is 1. The maximum atomic E-state index is 12.9. The number of benzene rings is 2. The molecular weight excluding hydrogens is 456 g/mol. The van der Waals surface area contributed by atoms with Crippen LogP contribution in [0.5, 0.6) is 0 Å². The number of hydrogen-bond acceptors (Lipinski definition) is 2. The molecule has 0 saturated heterocycles. The highest BCUT2D eigenvalue weighted by Gasteiger charge is 2.10. The summed E-state index contributed by atoms with van der Waals surface area (Å²) in [5, 5.41) is 8.00. The predicted molar refractivity (Wildman–Crippen MR) is 110 cm³/mol. The normalized spacial score (nSPS) is 11.1. The molecule has 2 aromatic carbocycles. The van der Waals surface area contributed by atoms with E-state index in [4.69, 9.17) is 23.2 Å². The van der Waals surface area contributed by atoms with Gasteiger partial charge in [0, 0.05) is 12.3 Å². The number of nitrogens with zero attached hydrogens (tertiary/aromatic N) is 2. The molecule has 0 spiro atoms. The minimum absolute atomic E-state index is 0.326. The van der Waals surface area contributed by atoms with Crippen molar-refractivity contribution in [1.29, 1.82) is 0 Å². The molecule has 0 radical (unpaired) electrons. The number of halogens is 4. The molecule has 1 N–H and O–H groups in total. The molecule has 1 amide bonds. The lowest BCUT2D eigenvalue weighted by Crippen LogP contribution is -2.09. The summed E-state index contributed by atoms with van der Waals surface area (Å²) in [7, 11) is 0. The molecule has 0 unspecified atom stereocenters. The van der Waals surface area contributed by atoms with E-state index in [0.29, 0.717) is 26.9 Å². The Morgan fingerprint density at radius 2 is 1.93 bits per heavy atom. The van der Waals surface area contributed by atoms with E-state index >= 15 is 0 Å². The predicted octanol–water partition coefficient (Wildman–Crippen LogP) is 5.79. The van der Waals surface area contributed by atoms with E-state index in [1.165, 1.54) is 18.2 Å². The average Bonchev–Trinajstić information content (AvgIpc) is 2.96. The molecule has 1 aromatic heterocycles. The second-order valence-electron chi connectivity index (χ2n) is 5.65. The smallest absolute Gasteiger partial charge is 0.249 e. The van der Waals surface area contributed by atoms with E-state index in [-0.39, 0.29) is 11.7 Å². The van der Waals surface area contributed by atoms with Gasteiger partial charge in [0.05, 0.1) is 21.1 Å². The molecule has 4 nitrogen and oxygen atoms in total. The lowest BCUT2D eigenvalue weighted by atomic mass is 10.2. The first-order valence-corrected chi connectivity index (χ1v) is 9.37. The maximum Gasteiger partial charge on any atom is 0.249 e. The molecular formula is C19H13BrCl2FN3O. The van der Waals surface area contributed by atoms with E-state index in [2.05, 4.69) is 26.3 Å². The van der Waals surface area contributed by atoms with Gasteiger partial charge in [-0.1, -0.05) is 41.4 Å². The highest BCUT2D eigenvalue weighted by molar-refractivity contribution is 9.10. The quantitative estimate of drug-likeness (QED) is 0.481. The van der Waals surface area contributed by atoms with Crippen LogP contribution in [0.3, 0.4) is 0 Å². The first-order valence-electron chi connectivity index (χ1n) is 7.82. The number of rotatable bonds is 5. The lowest BCUT2D eigenvalue weighted by molar-refractivity contribution is -0.111. The molecule has 3 rings (SSSR count). The van der Waals surface area contributed by atoms with Crippen molar-refractivity contribution in [1.82, 2.24) is 9.78 Å². The Morgan fingerprint density at radius 3 is 2.63 bits per heavy atom. The summed E-state index contributed by atoms with van der Waals surface area (Å²) in [5.41, 5.74) is 1.64.